The first-order chi connectivity index (χ1) is 14.1. The summed E-state index contributed by atoms with van der Waals surface area (Å²) in [6, 6.07) is 12.0. The van der Waals surface area contributed by atoms with Crippen molar-refractivity contribution in [1.82, 2.24) is 9.46 Å². The number of rotatable bonds is 5. The predicted octanol–water partition coefficient (Wildman–Crippen LogP) is 2.19. The zero-order valence-corrected chi connectivity index (χ0v) is 16.6. The molecular weight excluding hydrogens is 359 g/mol. The van der Waals surface area contributed by atoms with Crippen LogP contribution in [0.25, 0.3) is 17.2 Å². The quantitative estimate of drug-likeness (QED) is 0.665. The number of ether oxygens (including phenoxy) is 1. The number of allylic oxidation sites excluding steroid dienone is 2. The van der Waals surface area contributed by atoms with E-state index in [0.29, 0.717) is 6.54 Å². The van der Waals surface area contributed by atoms with E-state index in [9.17, 15) is 0 Å². The van der Waals surface area contributed by atoms with Crippen molar-refractivity contribution in [1.29, 1.82) is 0 Å². The Kier molecular flexibility index (Phi) is 5.27. The molecular formula is C23H23BN4O. The second-order valence-electron chi connectivity index (χ2n) is 7.03. The van der Waals surface area contributed by atoms with E-state index < -0.39 is 0 Å². The van der Waals surface area contributed by atoms with Crippen LogP contribution in [0.3, 0.4) is 0 Å². The number of H-pyrrole nitrogens is 1. The van der Waals surface area contributed by atoms with E-state index in [0.717, 1.165) is 56.5 Å². The van der Waals surface area contributed by atoms with Gasteiger partial charge >= 0.3 is 0 Å². The molecule has 3 heterocycles. The number of aromatic amines is 1. The highest BCUT2D eigenvalue weighted by atomic mass is 16.5. The minimum absolute atomic E-state index is 0.553. The molecule has 1 aromatic carbocycles. The Balaban J connectivity index is 1.78. The number of fused-ring (bicyclic) bond motifs is 1. The zero-order valence-electron chi connectivity index (χ0n) is 16.6. The molecule has 3 N–H and O–H groups in total. The number of aliphatic imine (C=N–C) groups is 1. The van der Waals surface area contributed by atoms with E-state index >= 15 is 0 Å². The average molecular weight is 382 g/mol. The minimum atomic E-state index is 0.553. The van der Waals surface area contributed by atoms with Gasteiger partial charge in [0.05, 0.1) is 12.8 Å². The summed E-state index contributed by atoms with van der Waals surface area (Å²) in [5, 5.41) is 2.08. The fourth-order valence-corrected chi connectivity index (χ4v) is 3.67. The van der Waals surface area contributed by atoms with E-state index in [-0.39, 0.29) is 0 Å². The van der Waals surface area contributed by atoms with Gasteiger partial charge < -0.3 is 19.9 Å². The Morgan fingerprint density at radius 2 is 2.14 bits per heavy atom. The largest absolute Gasteiger partial charge is 0.497 e. The summed E-state index contributed by atoms with van der Waals surface area (Å²) in [5.74, 6) is 0.823. The van der Waals surface area contributed by atoms with Gasteiger partial charge in [0.15, 0.2) is 0 Å². The molecule has 0 spiro atoms. The first-order valence-corrected chi connectivity index (χ1v) is 9.57. The first kappa shape index (κ1) is 19.1. The number of aromatic nitrogens is 2. The van der Waals surface area contributed by atoms with Gasteiger partial charge in [0.2, 0.25) is 7.98 Å². The highest BCUT2D eigenvalue weighted by Crippen LogP contribution is 2.34. The summed E-state index contributed by atoms with van der Waals surface area (Å²) >= 11 is 0. The molecule has 144 valence electrons. The third-order valence-corrected chi connectivity index (χ3v) is 5.12. The summed E-state index contributed by atoms with van der Waals surface area (Å²) in [7, 11) is 7.75. The third-order valence-electron chi connectivity index (χ3n) is 5.12. The number of nitrogens with one attached hydrogen (secondary N) is 1. The molecule has 0 unspecified atom stereocenters. The lowest BCUT2D eigenvalue weighted by molar-refractivity contribution is 0.415. The molecule has 0 fully saturated rings. The third kappa shape index (κ3) is 3.71. The van der Waals surface area contributed by atoms with Crippen molar-refractivity contribution in [2.75, 3.05) is 13.7 Å². The molecule has 6 heteroatoms. The second kappa shape index (κ2) is 8.01. The van der Waals surface area contributed by atoms with Crippen molar-refractivity contribution in [2.45, 2.75) is 13.3 Å². The first-order valence-electron chi connectivity index (χ1n) is 9.57. The van der Waals surface area contributed by atoms with Gasteiger partial charge in [-0.1, -0.05) is 6.08 Å². The Bertz CT molecular complexity index is 1230. The topological polar surface area (TPSA) is 68.3 Å². The van der Waals surface area contributed by atoms with E-state index in [1.807, 2.05) is 42.7 Å². The maximum absolute atomic E-state index is 6.08. The lowest BCUT2D eigenvalue weighted by Gasteiger charge is -2.08. The lowest BCUT2D eigenvalue weighted by atomic mass is 10.1. The van der Waals surface area contributed by atoms with Gasteiger partial charge in [-0.3, -0.25) is 4.99 Å². The Morgan fingerprint density at radius 1 is 1.28 bits per heavy atom. The summed E-state index contributed by atoms with van der Waals surface area (Å²) in [6.45, 7) is 2.64. The summed E-state index contributed by atoms with van der Waals surface area (Å²) in [6.07, 6.45) is 8.59. The maximum atomic E-state index is 6.08. The van der Waals surface area contributed by atoms with Gasteiger partial charge in [-0.05, 0) is 79.7 Å². The van der Waals surface area contributed by atoms with Gasteiger partial charge in [0.25, 0.3) is 0 Å². The number of benzene rings is 1. The molecule has 2 aromatic heterocycles. The number of nitrogens with zero attached hydrogens (tertiary/aromatic N) is 2. The number of hydrogen-bond acceptors (Lipinski definition) is 3. The van der Waals surface area contributed by atoms with Crippen LogP contribution in [0.4, 0.5) is 5.69 Å². The van der Waals surface area contributed by atoms with Crippen LogP contribution < -0.4 is 21.2 Å². The molecule has 1 aliphatic heterocycles. The van der Waals surface area contributed by atoms with Crippen molar-refractivity contribution >= 4 is 37.1 Å². The van der Waals surface area contributed by atoms with Crippen LogP contribution in [0.2, 0.25) is 0 Å². The van der Waals surface area contributed by atoms with Crippen molar-refractivity contribution in [3.05, 3.63) is 76.2 Å². The molecule has 3 aromatic rings. The normalized spacial score (nSPS) is 15.8. The predicted molar refractivity (Wildman–Crippen MR) is 120 cm³/mol. The number of hydrogen-bond donors (Lipinski definition) is 2. The van der Waals surface area contributed by atoms with Gasteiger partial charge in [0.1, 0.15) is 5.75 Å². The molecule has 0 atom stereocenters. The zero-order chi connectivity index (χ0) is 20.4. The van der Waals surface area contributed by atoms with E-state index in [1.54, 1.807) is 11.6 Å². The smallest absolute Gasteiger partial charge is 0.234 e. The molecule has 5 nitrogen and oxygen atoms in total. The van der Waals surface area contributed by atoms with Crippen molar-refractivity contribution in [2.24, 2.45) is 10.7 Å². The summed E-state index contributed by atoms with van der Waals surface area (Å²) < 4.78 is 6.97. The van der Waals surface area contributed by atoms with E-state index in [2.05, 4.69) is 35.1 Å². The van der Waals surface area contributed by atoms with Crippen molar-refractivity contribution < 1.29 is 4.74 Å². The molecule has 0 saturated carbocycles. The SMILES string of the molecule is [B]n1cccc1/C(CCN)=c1\[nH]c(=CC=C2C=Nc3ccc(OC)cc32)cc1C. The molecule has 0 bridgehead atoms. The molecule has 2 radical (unpaired) electrons. The lowest BCUT2D eigenvalue weighted by Crippen LogP contribution is -2.18. The maximum Gasteiger partial charge on any atom is 0.234 e. The van der Waals surface area contributed by atoms with Crippen LogP contribution in [0.5, 0.6) is 5.75 Å². The van der Waals surface area contributed by atoms with Crippen LogP contribution in [0.1, 0.15) is 23.2 Å². The summed E-state index contributed by atoms with van der Waals surface area (Å²) in [4.78, 5) is 8.00. The van der Waals surface area contributed by atoms with Gasteiger partial charge in [-0.15, -0.1) is 0 Å². The number of methoxy groups -OCH3 is 1. The monoisotopic (exact) mass is 382 g/mol. The Hall–Kier alpha value is -3.25. The van der Waals surface area contributed by atoms with Crippen molar-refractivity contribution in [3.8, 4) is 5.75 Å². The van der Waals surface area contributed by atoms with Crippen LogP contribution in [0.15, 0.2) is 53.7 Å². The van der Waals surface area contributed by atoms with E-state index in [4.69, 9.17) is 18.5 Å². The minimum Gasteiger partial charge on any atom is -0.497 e. The standard InChI is InChI=1S/C23H23BN4O/c1-15-12-17(27-23(15)19(9-10-25)22-4-3-11-28(22)24)6-5-16-14-26-21-8-7-18(29-2)13-20(16)21/h3-8,11-14,27H,9-10,25H2,1-2H3/b16-5?,17-6?,23-19-. The Labute approximate surface area is 171 Å². The highest BCUT2D eigenvalue weighted by molar-refractivity contribution is 6.17. The molecule has 4 rings (SSSR count). The molecule has 1 aliphatic rings. The van der Waals surface area contributed by atoms with Crippen LogP contribution in [-0.2, 0) is 0 Å². The van der Waals surface area contributed by atoms with Gasteiger partial charge in [0, 0.05) is 33.7 Å². The van der Waals surface area contributed by atoms with Crippen molar-refractivity contribution in [3.63, 3.8) is 0 Å². The number of aryl methyl sites for hydroxylation is 1. The summed E-state index contributed by atoms with van der Waals surface area (Å²) in [5.41, 5.74) is 12.2. The molecule has 0 amide bonds. The second-order valence-corrected chi connectivity index (χ2v) is 7.03. The fraction of sp³-hybridized carbons (Fsp3) is 0.174. The number of nitrogens with two attached hydrogens (primary N) is 1. The van der Waals surface area contributed by atoms with Crippen LogP contribution >= 0.6 is 0 Å². The molecule has 29 heavy (non-hydrogen) atoms. The average Bonchev–Trinajstić information content (AvgIpc) is 3.42. The van der Waals surface area contributed by atoms with Gasteiger partial charge in [-0.25, -0.2) is 0 Å². The van der Waals surface area contributed by atoms with Crippen LogP contribution in [0, 0.1) is 6.92 Å². The van der Waals surface area contributed by atoms with E-state index in [1.165, 1.54) is 0 Å². The van der Waals surface area contributed by atoms with Crippen LogP contribution in [-0.4, -0.2) is 37.3 Å². The fourth-order valence-electron chi connectivity index (χ4n) is 3.67. The van der Waals surface area contributed by atoms with Gasteiger partial charge in [-0.2, -0.15) is 0 Å². The molecule has 0 saturated heterocycles. The highest BCUT2D eigenvalue weighted by Gasteiger charge is 2.12. The molecule has 0 aliphatic carbocycles. The Morgan fingerprint density at radius 3 is 2.86 bits per heavy atom.